The van der Waals surface area contributed by atoms with Crippen LogP contribution in [0, 0.1) is 0 Å². The number of carbonyl (C=O) groups is 1. The Bertz CT molecular complexity index is 395. The van der Waals surface area contributed by atoms with Crippen molar-refractivity contribution in [1.82, 2.24) is 4.90 Å². The molecule has 0 unspecified atom stereocenters. The number of nitrogens with two attached hydrogens (primary N) is 1. The zero-order valence-corrected chi connectivity index (χ0v) is 9.41. The normalized spacial score (nSPS) is 24.0. The average Bonchev–Trinajstić information content (AvgIpc) is 2.63. The van der Waals surface area contributed by atoms with Crippen molar-refractivity contribution in [3.8, 4) is 0 Å². The number of likely N-dealkylation sites (tertiary alicyclic amines) is 1. The van der Waals surface area contributed by atoms with E-state index in [4.69, 9.17) is 5.73 Å². The van der Waals surface area contributed by atoms with Crippen LogP contribution in [0.5, 0.6) is 0 Å². The molecule has 1 amide bonds. The van der Waals surface area contributed by atoms with Gasteiger partial charge in [0.25, 0.3) is 0 Å². The van der Waals surface area contributed by atoms with Crippen molar-refractivity contribution < 1.29 is 15.0 Å². The molecule has 1 fully saturated rings. The van der Waals surface area contributed by atoms with Gasteiger partial charge in [0.2, 0.25) is 5.91 Å². The lowest BCUT2D eigenvalue weighted by Gasteiger charge is -2.15. The zero-order chi connectivity index (χ0) is 12.4. The first kappa shape index (κ1) is 11.9. The van der Waals surface area contributed by atoms with Crippen LogP contribution < -0.4 is 5.73 Å². The number of nitrogen functional groups attached to an aromatic ring is 1. The van der Waals surface area contributed by atoms with Gasteiger partial charge >= 0.3 is 0 Å². The molecule has 2 rings (SSSR count). The molecule has 1 aromatic rings. The molecule has 0 spiro atoms. The first-order valence-electron chi connectivity index (χ1n) is 5.54. The summed E-state index contributed by atoms with van der Waals surface area (Å²) in [4.78, 5) is 13.3. The number of β-amino-alcohol motifs (C(OH)–C–C–N with tert-alkyl or cyclic N) is 2. The number of aliphatic hydroxyl groups excluding tert-OH is 2. The minimum absolute atomic E-state index is 0.0922. The Hall–Kier alpha value is -1.59. The summed E-state index contributed by atoms with van der Waals surface area (Å²) in [6, 6.07) is 7.10. The molecule has 0 aliphatic carbocycles. The lowest BCUT2D eigenvalue weighted by molar-refractivity contribution is -0.129. The van der Waals surface area contributed by atoms with Crippen molar-refractivity contribution in [3.63, 3.8) is 0 Å². The molecule has 1 saturated heterocycles. The first-order chi connectivity index (χ1) is 8.06. The Morgan fingerprint density at radius 2 is 1.76 bits per heavy atom. The van der Waals surface area contributed by atoms with E-state index in [-0.39, 0.29) is 25.4 Å². The summed E-state index contributed by atoms with van der Waals surface area (Å²) in [6.45, 7) is 0.407. The third kappa shape index (κ3) is 2.75. The fraction of sp³-hybridized carbons (Fsp3) is 0.417. The van der Waals surface area contributed by atoms with Crippen molar-refractivity contribution in [1.29, 1.82) is 0 Å². The summed E-state index contributed by atoms with van der Waals surface area (Å²) >= 11 is 0. The van der Waals surface area contributed by atoms with E-state index in [1.54, 1.807) is 24.3 Å². The smallest absolute Gasteiger partial charge is 0.227 e. The first-order valence-corrected chi connectivity index (χ1v) is 5.54. The number of hydrogen-bond donors (Lipinski definition) is 3. The van der Waals surface area contributed by atoms with Crippen molar-refractivity contribution in [2.75, 3.05) is 18.8 Å². The third-order valence-electron chi connectivity index (χ3n) is 2.95. The molecular formula is C12H16N2O3. The standard InChI is InChI=1S/C12H16N2O3/c13-9-3-1-8(2-4-9)5-12(17)14-6-10(15)11(16)7-14/h1-4,10-11,15-16H,5-7,13H2/t10-,11+. The Morgan fingerprint density at radius 1 is 1.24 bits per heavy atom. The molecule has 92 valence electrons. The van der Waals surface area contributed by atoms with Gasteiger partial charge in [0, 0.05) is 18.8 Å². The van der Waals surface area contributed by atoms with Crippen molar-refractivity contribution in [2.24, 2.45) is 0 Å². The molecule has 0 radical (unpaired) electrons. The maximum absolute atomic E-state index is 11.9. The number of aliphatic hydroxyl groups is 2. The molecule has 5 heteroatoms. The molecule has 2 atom stereocenters. The number of hydrogen-bond acceptors (Lipinski definition) is 4. The van der Waals surface area contributed by atoms with Gasteiger partial charge in [-0.3, -0.25) is 4.79 Å². The molecule has 1 aliphatic heterocycles. The maximum Gasteiger partial charge on any atom is 0.227 e. The highest BCUT2D eigenvalue weighted by atomic mass is 16.3. The highest BCUT2D eigenvalue weighted by Gasteiger charge is 2.32. The Labute approximate surface area is 99.5 Å². The Kier molecular flexibility index (Phi) is 3.31. The summed E-state index contributed by atoms with van der Waals surface area (Å²) in [5.74, 6) is -0.0922. The minimum atomic E-state index is -0.828. The molecule has 17 heavy (non-hydrogen) atoms. The Morgan fingerprint density at radius 3 is 2.29 bits per heavy atom. The third-order valence-corrected chi connectivity index (χ3v) is 2.95. The van der Waals surface area contributed by atoms with Crippen LogP contribution in [0.15, 0.2) is 24.3 Å². The quantitative estimate of drug-likeness (QED) is 0.597. The zero-order valence-electron chi connectivity index (χ0n) is 9.41. The largest absolute Gasteiger partial charge is 0.399 e. The van der Waals surface area contributed by atoms with Gasteiger partial charge in [0.05, 0.1) is 18.6 Å². The SMILES string of the molecule is Nc1ccc(CC(=O)N2C[C@@H](O)[C@@H](O)C2)cc1. The van der Waals surface area contributed by atoms with Gasteiger partial charge in [-0.05, 0) is 17.7 Å². The maximum atomic E-state index is 11.9. The summed E-state index contributed by atoms with van der Waals surface area (Å²) in [7, 11) is 0. The molecule has 0 saturated carbocycles. The number of carbonyl (C=O) groups excluding carboxylic acids is 1. The molecule has 1 heterocycles. The van der Waals surface area contributed by atoms with Crippen molar-refractivity contribution in [2.45, 2.75) is 18.6 Å². The lowest BCUT2D eigenvalue weighted by Crippen LogP contribution is -2.31. The van der Waals surface area contributed by atoms with Crippen molar-refractivity contribution in [3.05, 3.63) is 29.8 Å². The van der Waals surface area contributed by atoms with E-state index < -0.39 is 12.2 Å². The second-order valence-corrected chi connectivity index (χ2v) is 4.35. The molecule has 4 N–H and O–H groups in total. The van der Waals surface area contributed by atoms with Gasteiger partial charge in [0.1, 0.15) is 0 Å². The fourth-order valence-corrected chi connectivity index (χ4v) is 1.90. The number of rotatable bonds is 2. The summed E-state index contributed by atoms with van der Waals surface area (Å²) in [5.41, 5.74) is 7.09. The van der Waals surface area contributed by atoms with E-state index in [1.807, 2.05) is 0 Å². The second-order valence-electron chi connectivity index (χ2n) is 4.35. The van der Waals surface area contributed by atoms with Gasteiger partial charge in [-0.1, -0.05) is 12.1 Å². The summed E-state index contributed by atoms with van der Waals surface area (Å²) in [6.07, 6.45) is -1.39. The summed E-state index contributed by atoms with van der Waals surface area (Å²) < 4.78 is 0. The van der Waals surface area contributed by atoms with Crippen LogP contribution in [-0.2, 0) is 11.2 Å². The van der Waals surface area contributed by atoms with E-state index in [1.165, 1.54) is 4.90 Å². The monoisotopic (exact) mass is 236 g/mol. The lowest BCUT2D eigenvalue weighted by atomic mass is 10.1. The molecular weight excluding hydrogens is 220 g/mol. The highest BCUT2D eigenvalue weighted by Crippen LogP contribution is 2.13. The van der Waals surface area contributed by atoms with Gasteiger partial charge in [-0.15, -0.1) is 0 Å². The van der Waals surface area contributed by atoms with E-state index in [2.05, 4.69) is 0 Å². The predicted octanol–water partition coefficient (Wildman–Crippen LogP) is -0.625. The fourth-order valence-electron chi connectivity index (χ4n) is 1.90. The number of amides is 1. The van der Waals surface area contributed by atoms with E-state index in [9.17, 15) is 15.0 Å². The summed E-state index contributed by atoms with van der Waals surface area (Å²) in [5, 5.41) is 18.7. The number of nitrogens with zero attached hydrogens (tertiary/aromatic N) is 1. The number of benzene rings is 1. The van der Waals surface area contributed by atoms with Gasteiger partial charge < -0.3 is 20.8 Å². The second kappa shape index (κ2) is 4.73. The highest BCUT2D eigenvalue weighted by molar-refractivity contribution is 5.79. The van der Waals surface area contributed by atoms with E-state index in [0.29, 0.717) is 5.69 Å². The van der Waals surface area contributed by atoms with E-state index in [0.717, 1.165) is 5.56 Å². The van der Waals surface area contributed by atoms with Gasteiger partial charge in [-0.25, -0.2) is 0 Å². The molecule has 0 bridgehead atoms. The van der Waals surface area contributed by atoms with Crippen LogP contribution in [0.3, 0.4) is 0 Å². The van der Waals surface area contributed by atoms with Crippen LogP contribution >= 0.6 is 0 Å². The molecule has 1 aliphatic rings. The number of anilines is 1. The average molecular weight is 236 g/mol. The van der Waals surface area contributed by atoms with Crippen LogP contribution in [-0.4, -0.2) is 46.3 Å². The molecule has 0 aromatic heterocycles. The minimum Gasteiger partial charge on any atom is -0.399 e. The predicted molar refractivity (Wildman–Crippen MR) is 63.2 cm³/mol. The van der Waals surface area contributed by atoms with Crippen LogP contribution in [0.1, 0.15) is 5.56 Å². The van der Waals surface area contributed by atoms with Crippen LogP contribution in [0.4, 0.5) is 5.69 Å². The van der Waals surface area contributed by atoms with Gasteiger partial charge in [0.15, 0.2) is 0 Å². The van der Waals surface area contributed by atoms with Crippen molar-refractivity contribution >= 4 is 11.6 Å². The topological polar surface area (TPSA) is 86.8 Å². The van der Waals surface area contributed by atoms with E-state index >= 15 is 0 Å². The Balaban J connectivity index is 1.96. The van der Waals surface area contributed by atoms with Gasteiger partial charge in [-0.2, -0.15) is 0 Å². The van der Waals surface area contributed by atoms with Crippen LogP contribution in [0.25, 0.3) is 0 Å². The van der Waals surface area contributed by atoms with Crippen LogP contribution in [0.2, 0.25) is 0 Å². The molecule has 1 aromatic carbocycles. The molecule has 5 nitrogen and oxygen atoms in total.